The number of aliphatic hydroxyl groups excluding tert-OH is 1. The molecule has 1 saturated heterocycles. The molecule has 2 heterocycles. The van der Waals surface area contributed by atoms with E-state index < -0.39 is 0 Å². The Balaban J connectivity index is 1.86. The van der Waals surface area contributed by atoms with Gasteiger partial charge in [0, 0.05) is 32.4 Å². The summed E-state index contributed by atoms with van der Waals surface area (Å²) >= 11 is 0. The third kappa shape index (κ3) is 5.50. The predicted octanol–water partition coefficient (Wildman–Crippen LogP) is 2.46. The van der Waals surface area contributed by atoms with E-state index in [1.165, 1.54) is 12.8 Å². The summed E-state index contributed by atoms with van der Waals surface area (Å²) in [5.41, 5.74) is 0.597. The lowest BCUT2D eigenvalue weighted by Crippen LogP contribution is -2.30. The number of amides is 1. The number of nitrogens with zero attached hydrogens (tertiary/aromatic N) is 2. The van der Waals surface area contributed by atoms with Gasteiger partial charge >= 0.3 is 0 Å². The molecule has 1 aromatic rings. The molecule has 2 N–H and O–H groups in total. The van der Waals surface area contributed by atoms with Crippen LogP contribution in [0.25, 0.3) is 0 Å². The number of hydrogen-bond acceptors (Lipinski definition) is 4. The molecule has 2 rings (SSSR count). The Hall–Kier alpha value is -1.62. The van der Waals surface area contributed by atoms with E-state index >= 15 is 0 Å². The van der Waals surface area contributed by atoms with Crippen LogP contribution in [0, 0.1) is 11.8 Å². The summed E-state index contributed by atoms with van der Waals surface area (Å²) in [6.45, 7) is 7.19. The highest BCUT2D eigenvalue weighted by Crippen LogP contribution is 2.18. The number of carbonyl (C=O) groups is 1. The molecule has 1 amide bonds. The summed E-state index contributed by atoms with van der Waals surface area (Å²) in [7, 11) is 0. The van der Waals surface area contributed by atoms with E-state index in [-0.39, 0.29) is 12.5 Å². The molecule has 1 aromatic heterocycles. The Morgan fingerprint density at radius 3 is 2.65 bits per heavy atom. The molecule has 1 unspecified atom stereocenters. The van der Waals surface area contributed by atoms with Gasteiger partial charge in [0.2, 0.25) is 0 Å². The van der Waals surface area contributed by atoms with Crippen molar-refractivity contribution in [1.82, 2.24) is 10.3 Å². The third-order valence-corrected chi connectivity index (χ3v) is 4.33. The van der Waals surface area contributed by atoms with Gasteiger partial charge in [0.05, 0.1) is 5.56 Å². The fraction of sp³-hybridized carbons (Fsp3) is 0.667. The normalized spacial score (nSPS) is 15.9. The molecule has 0 aliphatic carbocycles. The lowest BCUT2D eigenvalue weighted by Gasteiger charge is -2.19. The van der Waals surface area contributed by atoms with Gasteiger partial charge in [-0.3, -0.25) is 4.79 Å². The van der Waals surface area contributed by atoms with E-state index in [1.54, 1.807) is 6.20 Å². The van der Waals surface area contributed by atoms with Crippen molar-refractivity contribution in [3.05, 3.63) is 23.9 Å². The number of anilines is 1. The minimum absolute atomic E-state index is 0.0860. The number of aromatic nitrogens is 1. The van der Waals surface area contributed by atoms with Gasteiger partial charge in [-0.1, -0.05) is 13.8 Å². The van der Waals surface area contributed by atoms with Gasteiger partial charge < -0.3 is 15.3 Å². The zero-order chi connectivity index (χ0) is 16.7. The van der Waals surface area contributed by atoms with E-state index in [0.29, 0.717) is 23.9 Å². The maximum atomic E-state index is 12.2. The lowest BCUT2D eigenvalue weighted by atomic mass is 9.94. The van der Waals surface area contributed by atoms with Crippen LogP contribution in [-0.4, -0.2) is 42.2 Å². The maximum Gasteiger partial charge on any atom is 0.252 e. The summed E-state index contributed by atoms with van der Waals surface area (Å²) in [6.07, 6.45) is 5.82. The van der Waals surface area contributed by atoms with Crippen LogP contribution in [0.4, 0.5) is 5.82 Å². The van der Waals surface area contributed by atoms with Crippen LogP contribution >= 0.6 is 0 Å². The van der Waals surface area contributed by atoms with Gasteiger partial charge in [0.25, 0.3) is 5.91 Å². The van der Waals surface area contributed by atoms with Crippen LogP contribution in [0.3, 0.4) is 0 Å². The number of rotatable bonds is 8. The Kier molecular flexibility index (Phi) is 6.84. The van der Waals surface area contributed by atoms with Crippen molar-refractivity contribution in [3.8, 4) is 0 Å². The fourth-order valence-corrected chi connectivity index (χ4v) is 3.15. The Bertz CT molecular complexity index is 482. The molecule has 0 radical (unpaired) electrons. The first-order valence-electron chi connectivity index (χ1n) is 8.70. The monoisotopic (exact) mass is 319 g/mol. The topological polar surface area (TPSA) is 65.5 Å². The van der Waals surface area contributed by atoms with Crippen LogP contribution in [0.5, 0.6) is 0 Å². The second-order valence-electron chi connectivity index (χ2n) is 6.82. The summed E-state index contributed by atoms with van der Waals surface area (Å²) in [5, 5.41) is 12.1. The van der Waals surface area contributed by atoms with Crippen molar-refractivity contribution in [2.45, 2.75) is 39.5 Å². The second kappa shape index (κ2) is 8.87. The Labute approximate surface area is 139 Å². The van der Waals surface area contributed by atoms with Crippen molar-refractivity contribution in [1.29, 1.82) is 0 Å². The highest BCUT2D eigenvalue weighted by atomic mass is 16.3. The summed E-state index contributed by atoms with van der Waals surface area (Å²) in [4.78, 5) is 18.9. The average molecular weight is 319 g/mol. The molecule has 0 aromatic carbocycles. The largest absolute Gasteiger partial charge is 0.396 e. The number of aliphatic hydroxyl groups is 1. The lowest BCUT2D eigenvalue weighted by molar-refractivity contribution is 0.0941. The first-order chi connectivity index (χ1) is 11.1. The smallest absolute Gasteiger partial charge is 0.252 e. The van der Waals surface area contributed by atoms with E-state index in [0.717, 1.165) is 31.7 Å². The van der Waals surface area contributed by atoms with Crippen LogP contribution in [-0.2, 0) is 0 Å². The third-order valence-electron chi connectivity index (χ3n) is 4.33. The number of hydrogen-bond donors (Lipinski definition) is 2. The van der Waals surface area contributed by atoms with E-state index in [4.69, 9.17) is 5.11 Å². The van der Waals surface area contributed by atoms with Crippen molar-refractivity contribution < 1.29 is 9.90 Å². The average Bonchev–Trinajstić information content (AvgIpc) is 3.06. The molecular weight excluding hydrogens is 290 g/mol. The predicted molar refractivity (Wildman–Crippen MR) is 92.7 cm³/mol. The molecule has 0 bridgehead atoms. The summed E-state index contributed by atoms with van der Waals surface area (Å²) in [5.74, 6) is 1.75. The maximum absolute atomic E-state index is 12.2. The minimum Gasteiger partial charge on any atom is -0.396 e. The first kappa shape index (κ1) is 17.7. The standard InChI is InChI=1S/C18H29N3O2/c1-14(2)11-15(7-10-22)12-20-18(23)16-5-6-17(19-13-16)21-8-3-4-9-21/h5-6,13-15,22H,3-4,7-12H2,1-2H3,(H,20,23). The van der Waals surface area contributed by atoms with Gasteiger partial charge in [-0.05, 0) is 49.7 Å². The van der Waals surface area contributed by atoms with Crippen LogP contribution in [0.15, 0.2) is 18.3 Å². The SMILES string of the molecule is CC(C)CC(CCO)CNC(=O)c1ccc(N2CCCC2)nc1. The zero-order valence-electron chi connectivity index (χ0n) is 14.3. The second-order valence-corrected chi connectivity index (χ2v) is 6.82. The minimum atomic E-state index is -0.0860. The quantitative estimate of drug-likeness (QED) is 0.772. The van der Waals surface area contributed by atoms with Gasteiger partial charge in [0.1, 0.15) is 5.82 Å². The number of pyridine rings is 1. The van der Waals surface area contributed by atoms with Crippen molar-refractivity contribution >= 4 is 11.7 Å². The number of nitrogens with one attached hydrogen (secondary N) is 1. The van der Waals surface area contributed by atoms with E-state index in [9.17, 15) is 4.79 Å². The molecule has 1 atom stereocenters. The molecule has 0 saturated carbocycles. The molecule has 1 aliphatic rings. The van der Waals surface area contributed by atoms with Gasteiger partial charge in [0.15, 0.2) is 0 Å². The molecule has 1 fully saturated rings. The van der Waals surface area contributed by atoms with Crippen molar-refractivity contribution in [2.24, 2.45) is 11.8 Å². The highest BCUT2D eigenvalue weighted by molar-refractivity contribution is 5.94. The Morgan fingerprint density at radius 1 is 1.35 bits per heavy atom. The molecule has 1 aliphatic heterocycles. The van der Waals surface area contributed by atoms with Crippen LogP contribution in [0.1, 0.15) is 49.9 Å². The zero-order valence-corrected chi connectivity index (χ0v) is 14.3. The molecule has 5 nitrogen and oxygen atoms in total. The Morgan fingerprint density at radius 2 is 2.09 bits per heavy atom. The fourth-order valence-electron chi connectivity index (χ4n) is 3.15. The van der Waals surface area contributed by atoms with Crippen LogP contribution in [0.2, 0.25) is 0 Å². The molecule has 128 valence electrons. The summed E-state index contributed by atoms with van der Waals surface area (Å²) < 4.78 is 0. The highest BCUT2D eigenvalue weighted by Gasteiger charge is 2.15. The molecule has 0 spiro atoms. The van der Waals surface area contributed by atoms with E-state index in [2.05, 4.69) is 29.0 Å². The first-order valence-corrected chi connectivity index (χ1v) is 8.70. The van der Waals surface area contributed by atoms with Crippen molar-refractivity contribution in [2.75, 3.05) is 31.1 Å². The van der Waals surface area contributed by atoms with Crippen molar-refractivity contribution in [3.63, 3.8) is 0 Å². The van der Waals surface area contributed by atoms with Crippen LogP contribution < -0.4 is 10.2 Å². The van der Waals surface area contributed by atoms with E-state index in [1.807, 2.05) is 12.1 Å². The van der Waals surface area contributed by atoms with Gasteiger partial charge in [-0.25, -0.2) is 4.98 Å². The molecular formula is C18H29N3O2. The molecule has 5 heteroatoms. The summed E-state index contributed by atoms with van der Waals surface area (Å²) in [6, 6.07) is 3.78. The van der Waals surface area contributed by atoms with Gasteiger partial charge in [-0.2, -0.15) is 0 Å². The van der Waals surface area contributed by atoms with Gasteiger partial charge in [-0.15, -0.1) is 0 Å². The number of carbonyl (C=O) groups excluding carboxylic acids is 1. The molecule has 23 heavy (non-hydrogen) atoms.